The van der Waals surface area contributed by atoms with E-state index in [0.717, 1.165) is 0 Å². The second-order valence-corrected chi connectivity index (χ2v) is 0.744. The largest absolute Gasteiger partial charge is 2.00 e. The molecule has 0 bridgehead atoms. The molecule has 4 nitrogen and oxygen atoms in total. The van der Waals surface area contributed by atoms with Gasteiger partial charge in [0.2, 0.25) is 0 Å². The van der Waals surface area contributed by atoms with Crippen LogP contribution < -0.4 is 10.2 Å². The molecule has 0 fully saturated rings. The molecule has 7 heteroatoms. The second kappa shape index (κ2) is 22.4. The SMILES string of the molecule is [CH2-]C(=O)[O-].[CH2-]C(=O)[O-].[Pd+2].[Pd].[Pd]. The van der Waals surface area contributed by atoms with E-state index in [1.807, 2.05) is 0 Å². The van der Waals surface area contributed by atoms with Crippen molar-refractivity contribution in [2.75, 3.05) is 0 Å². The van der Waals surface area contributed by atoms with Gasteiger partial charge in [0.1, 0.15) is 0 Å². The quantitative estimate of drug-likeness (QED) is 0.303. The Kier molecular flexibility index (Phi) is 60.9. The van der Waals surface area contributed by atoms with Crippen LogP contribution in [0.2, 0.25) is 0 Å². The van der Waals surface area contributed by atoms with E-state index >= 15 is 0 Å². The number of carbonyl (C=O) groups is 2. The summed E-state index contributed by atoms with van der Waals surface area (Å²) in [5.41, 5.74) is 0. The van der Waals surface area contributed by atoms with Crippen LogP contribution in [0.25, 0.3) is 0 Å². The van der Waals surface area contributed by atoms with Gasteiger partial charge in [-0.05, 0) is 0 Å². The van der Waals surface area contributed by atoms with Crippen LogP contribution in [0, 0.1) is 13.8 Å². The van der Waals surface area contributed by atoms with Crippen LogP contribution >= 0.6 is 0 Å². The summed E-state index contributed by atoms with van der Waals surface area (Å²) >= 11 is 0. The molecule has 0 atom stereocenters. The molecule has 11 heavy (non-hydrogen) atoms. The Labute approximate surface area is 106 Å². The minimum absolute atomic E-state index is 0. The van der Waals surface area contributed by atoms with E-state index < -0.39 is 11.9 Å². The van der Waals surface area contributed by atoms with Crippen LogP contribution in [0.5, 0.6) is 0 Å². The number of carboxylic acids is 2. The second-order valence-electron chi connectivity index (χ2n) is 0.744. The van der Waals surface area contributed by atoms with E-state index in [1.165, 1.54) is 0 Å². The zero-order chi connectivity index (χ0) is 7.15. The monoisotopic (exact) mass is 434 g/mol. The molecule has 0 aliphatic heterocycles. The minimum atomic E-state index is -1.33. The molecule has 0 aliphatic carbocycles. The van der Waals surface area contributed by atoms with Crippen LogP contribution in [-0.2, 0) is 70.9 Å². The van der Waals surface area contributed by atoms with Crippen molar-refractivity contribution in [3.05, 3.63) is 13.8 Å². The van der Waals surface area contributed by atoms with Gasteiger partial charge in [0.05, 0.1) is 0 Å². The minimum Gasteiger partial charge on any atom is -0.584 e. The molecule has 0 aromatic carbocycles. The summed E-state index contributed by atoms with van der Waals surface area (Å²) in [6.07, 6.45) is 0. The van der Waals surface area contributed by atoms with Gasteiger partial charge < -0.3 is 33.6 Å². The van der Waals surface area contributed by atoms with E-state index in [1.54, 1.807) is 0 Å². The van der Waals surface area contributed by atoms with Crippen LogP contribution in [-0.4, -0.2) is 11.9 Å². The smallest absolute Gasteiger partial charge is 0.584 e. The summed E-state index contributed by atoms with van der Waals surface area (Å²) in [6, 6.07) is 0. The van der Waals surface area contributed by atoms with Crippen molar-refractivity contribution < 1.29 is 81.1 Å². The van der Waals surface area contributed by atoms with Gasteiger partial charge in [0.15, 0.2) is 0 Å². The molecule has 0 saturated heterocycles. The number of aliphatic carboxylic acids is 2. The van der Waals surface area contributed by atoms with E-state index in [2.05, 4.69) is 13.8 Å². The first kappa shape index (κ1) is 29.9. The Bertz CT molecular complexity index is 75.3. The van der Waals surface area contributed by atoms with Gasteiger partial charge >= 0.3 is 20.4 Å². The molecule has 0 aromatic heterocycles. The normalized spacial score (nSPS) is 4.36. The molecular weight excluding hydrogens is 431 g/mol. The Morgan fingerprint density at radius 3 is 0.909 bits per heavy atom. The summed E-state index contributed by atoms with van der Waals surface area (Å²) in [7, 11) is 0. The van der Waals surface area contributed by atoms with Crippen molar-refractivity contribution in [3.8, 4) is 0 Å². The van der Waals surface area contributed by atoms with E-state index in [4.69, 9.17) is 19.8 Å². The molecule has 0 amide bonds. The third-order valence-electron chi connectivity index (χ3n) is 0. The number of rotatable bonds is 0. The molecule has 76 valence electrons. The van der Waals surface area contributed by atoms with E-state index in [9.17, 15) is 0 Å². The summed E-state index contributed by atoms with van der Waals surface area (Å²) in [5.74, 6) is -2.67. The molecular formula is C4H4O4Pd3-2. The molecule has 0 radical (unpaired) electrons. The summed E-state index contributed by atoms with van der Waals surface area (Å²) in [5, 5.41) is 17.6. The van der Waals surface area contributed by atoms with Crippen molar-refractivity contribution in [1.29, 1.82) is 0 Å². The molecule has 0 aromatic rings. The fourth-order valence-corrected chi connectivity index (χ4v) is 0. The fourth-order valence-electron chi connectivity index (χ4n) is 0. The molecule has 0 saturated carbocycles. The molecule has 0 heterocycles. The molecule has 0 unspecified atom stereocenters. The van der Waals surface area contributed by atoms with Crippen LogP contribution in [0.4, 0.5) is 0 Å². The average molecular weight is 435 g/mol. The number of hydrogen-bond donors (Lipinski definition) is 0. The van der Waals surface area contributed by atoms with Gasteiger partial charge in [-0.25, -0.2) is 0 Å². The van der Waals surface area contributed by atoms with Crippen LogP contribution in [0.1, 0.15) is 0 Å². The van der Waals surface area contributed by atoms with Gasteiger partial charge in [0, 0.05) is 40.8 Å². The maximum atomic E-state index is 8.78. The van der Waals surface area contributed by atoms with E-state index in [0.29, 0.717) is 0 Å². The van der Waals surface area contributed by atoms with Crippen molar-refractivity contribution in [3.63, 3.8) is 0 Å². The number of carbonyl (C=O) groups excluding carboxylic acids is 2. The Morgan fingerprint density at radius 1 is 0.909 bits per heavy atom. The Balaban J connectivity index is -0.0000000171. The Morgan fingerprint density at radius 2 is 0.909 bits per heavy atom. The predicted molar refractivity (Wildman–Crippen MR) is 20.7 cm³/mol. The molecule has 0 N–H and O–H groups in total. The van der Waals surface area contributed by atoms with Gasteiger partial charge in [0.25, 0.3) is 0 Å². The van der Waals surface area contributed by atoms with Gasteiger partial charge in [-0.3, -0.25) is 0 Å². The topological polar surface area (TPSA) is 80.3 Å². The molecule has 0 spiro atoms. The first-order chi connectivity index (χ1) is 3.46. The van der Waals surface area contributed by atoms with Crippen LogP contribution in [0.15, 0.2) is 0 Å². The Hall–Kier alpha value is 0.667. The summed E-state index contributed by atoms with van der Waals surface area (Å²) < 4.78 is 0. The average Bonchev–Trinajstić information content (AvgIpc) is 1.25. The third kappa shape index (κ3) is 1800. The van der Waals surface area contributed by atoms with Gasteiger partial charge in [-0.15, -0.1) is 11.9 Å². The first-order valence-electron chi connectivity index (χ1n) is 1.52. The summed E-state index contributed by atoms with van der Waals surface area (Å²) in [4.78, 5) is 17.6. The molecule has 0 aliphatic rings. The molecule has 0 rings (SSSR count). The van der Waals surface area contributed by atoms with Gasteiger partial charge in [-0.1, -0.05) is 0 Å². The number of carboxylic acid groups (broad SMARTS) is 2. The first-order valence-corrected chi connectivity index (χ1v) is 1.52. The van der Waals surface area contributed by atoms with Crippen molar-refractivity contribution >= 4 is 11.9 Å². The van der Waals surface area contributed by atoms with Crippen molar-refractivity contribution in [2.24, 2.45) is 0 Å². The third-order valence-corrected chi connectivity index (χ3v) is 0. The number of hydrogen-bond acceptors (Lipinski definition) is 4. The van der Waals surface area contributed by atoms with Crippen LogP contribution in [0.3, 0.4) is 0 Å². The maximum absolute atomic E-state index is 8.78. The van der Waals surface area contributed by atoms with Crippen molar-refractivity contribution in [1.82, 2.24) is 0 Å². The maximum Gasteiger partial charge on any atom is 2.00 e. The predicted octanol–water partition coefficient (Wildman–Crippen LogP) is -2.87. The zero-order valence-electron chi connectivity index (χ0n) is 5.00. The fraction of sp³-hybridized carbons (Fsp3) is 0. The summed E-state index contributed by atoms with van der Waals surface area (Å²) in [6.45, 7) is 4.89. The van der Waals surface area contributed by atoms with Crippen molar-refractivity contribution in [2.45, 2.75) is 0 Å². The zero-order valence-corrected chi connectivity index (χ0v) is 9.66. The van der Waals surface area contributed by atoms with Gasteiger partial charge in [-0.2, -0.15) is 0 Å². The van der Waals surface area contributed by atoms with E-state index in [-0.39, 0.29) is 61.3 Å². The standard InChI is InChI=1S/2C2H3O2.3Pd/c2*1-2(3)4;;;/h2*1H2,(H,3,4);;;/q2*-1;;;+2/p-2.